The van der Waals surface area contributed by atoms with Gasteiger partial charge in [-0.25, -0.2) is 0 Å². The van der Waals surface area contributed by atoms with Crippen molar-refractivity contribution in [3.8, 4) is 0 Å². The van der Waals surface area contributed by atoms with Crippen molar-refractivity contribution in [3.63, 3.8) is 0 Å². The fraction of sp³-hybridized carbons (Fsp3) is 1.00. The molecule has 0 aliphatic heterocycles. The van der Waals surface area contributed by atoms with Gasteiger partial charge in [-0.3, -0.25) is 4.90 Å². The lowest BCUT2D eigenvalue weighted by Gasteiger charge is -2.43. The topological polar surface area (TPSA) is 38.5 Å². The average Bonchev–Trinajstić information content (AvgIpc) is 3.06. The van der Waals surface area contributed by atoms with E-state index in [-0.39, 0.29) is 5.54 Å². The number of ether oxygens (including phenoxy) is 1. The van der Waals surface area contributed by atoms with E-state index in [1.807, 2.05) is 0 Å². The highest BCUT2D eigenvalue weighted by molar-refractivity contribution is 4.92. The van der Waals surface area contributed by atoms with Crippen LogP contribution in [0.5, 0.6) is 0 Å². The van der Waals surface area contributed by atoms with Crippen LogP contribution in [0.1, 0.15) is 40.0 Å². The highest BCUT2D eigenvalue weighted by Crippen LogP contribution is 2.33. The molecule has 0 amide bonds. The van der Waals surface area contributed by atoms with E-state index >= 15 is 0 Å². The van der Waals surface area contributed by atoms with Crippen LogP contribution in [0.2, 0.25) is 0 Å². The molecule has 3 nitrogen and oxygen atoms in total. The standard InChI is InChI=1S/C13H28N2O/c1-11(2)15(9-12-5-6-12)13(3,10-14)7-8-16-4/h11-12H,5-10,14H2,1-4H3. The summed E-state index contributed by atoms with van der Waals surface area (Å²) >= 11 is 0. The first kappa shape index (κ1) is 13.9. The maximum Gasteiger partial charge on any atom is 0.0480 e. The van der Waals surface area contributed by atoms with Gasteiger partial charge in [-0.05, 0) is 46.0 Å². The normalized spacial score (nSPS) is 20.4. The molecule has 2 N–H and O–H groups in total. The summed E-state index contributed by atoms with van der Waals surface area (Å²) in [4.78, 5) is 2.57. The molecule has 0 aromatic carbocycles. The summed E-state index contributed by atoms with van der Waals surface area (Å²) in [5.41, 5.74) is 6.08. The zero-order valence-electron chi connectivity index (χ0n) is 11.3. The minimum Gasteiger partial charge on any atom is -0.385 e. The third-order valence-corrected chi connectivity index (χ3v) is 3.75. The molecule has 96 valence electrons. The predicted octanol–water partition coefficient (Wildman–Crippen LogP) is 1.86. The van der Waals surface area contributed by atoms with Crippen LogP contribution >= 0.6 is 0 Å². The summed E-state index contributed by atoms with van der Waals surface area (Å²) in [6.07, 6.45) is 3.81. The average molecular weight is 228 g/mol. The Morgan fingerprint density at radius 1 is 1.44 bits per heavy atom. The quantitative estimate of drug-likeness (QED) is 0.689. The molecule has 1 unspecified atom stereocenters. The van der Waals surface area contributed by atoms with Crippen molar-refractivity contribution in [1.29, 1.82) is 0 Å². The summed E-state index contributed by atoms with van der Waals surface area (Å²) in [5.74, 6) is 0.913. The number of methoxy groups -OCH3 is 1. The van der Waals surface area contributed by atoms with Gasteiger partial charge in [-0.1, -0.05) is 0 Å². The molecule has 0 bridgehead atoms. The van der Waals surface area contributed by atoms with Gasteiger partial charge in [-0.15, -0.1) is 0 Å². The molecule has 1 saturated carbocycles. The fourth-order valence-electron chi connectivity index (χ4n) is 2.32. The van der Waals surface area contributed by atoms with Crippen LogP contribution in [0.4, 0.5) is 0 Å². The van der Waals surface area contributed by atoms with E-state index < -0.39 is 0 Å². The van der Waals surface area contributed by atoms with Gasteiger partial charge >= 0.3 is 0 Å². The van der Waals surface area contributed by atoms with E-state index in [1.165, 1.54) is 19.4 Å². The summed E-state index contributed by atoms with van der Waals surface area (Å²) < 4.78 is 5.21. The third kappa shape index (κ3) is 3.72. The number of hydrogen-bond donors (Lipinski definition) is 1. The maximum atomic E-state index is 5.99. The largest absolute Gasteiger partial charge is 0.385 e. The second kappa shape index (κ2) is 5.99. The summed E-state index contributed by atoms with van der Waals surface area (Å²) in [6.45, 7) is 9.51. The van der Waals surface area contributed by atoms with Gasteiger partial charge in [0.25, 0.3) is 0 Å². The van der Waals surface area contributed by atoms with E-state index in [0.717, 1.165) is 18.9 Å². The van der Waals surface area contributed by atoms with E-state index in [0.29, 0.717) is 12.6 Å². The first-order valence-electron chi connectivity index (χ1n) is 6.49. The van der Waals surface area contributed by atoms with Gasteiger partial charge < -0.3 is 10.5 Å². The summed E-state index contributed by atoms with van der Waals surface area (Å²) in [7, 11) is 1.76. The van der Waals surface area contributed by atoms with E-state index in [2.05, 4.69) is 25.7 Å². The van der Waals surface area contributed by atoms with Gasteiger partial charge in [0.15, 0.2) is 0 Å². The van der Waals surface area contributed by atoms with Crippen molar-refractivity contribution in [2.24, 2.45) is 11.7 Å². The van der Waals surface area contributed by atoms with Gasteiger partial charge in [0.1, 0.15) is 0 Å². The van der Waals surface area contributed by atoms with Gasteiger partial charge in [0.05, 0.1) is 0 Å². The lowest BCUT2D eigenvalue weighted by molar-refractivity contribution is 0.0404. The van der Waals surface area contributed by atoms with Crippen molar-refractivity contribution < 1.29 is 4.74 Å². The molecular weight excluding hydrogens is 200 g/mol. The zero-order chi connectivity index (χ0) is 12.2. The molecule has 1 aliphatic carbocycles. The van der Waals surface area contributed by atoms with Gasteiger partial charge in [0.2, 0.25) is 0 Å². The van der Waals surface area contributed by atoms with Gasteiger partial charge in [0, 0.05) is 38.4 Å². The molecule has 1 fully saturated rings. The number of rotatable bonds is 8. The highest BCUT2D eigenvalue weighted by Gasteiger charge is 2.36. The smallest absolute Gasteiger partial charge is 0.0480 e. The molecule has 1 atom stereocenters. The predicted molar refractivity (Wildman–Crippen MR) is 68.5 cm³/mol. The third-order valence-electron chi connectivity index (χ3n) is 3.75. The summed E-state index contributed by atoms with van der Waals surface area (Å²) in [5, 5.41) is 0. The molecule has 0 aromatic rings. The van der Waals surface area contributed by atoms with Crippen LogP contribution in [0.15, 0.2) is 0 Å². The molecule has 0 spiro atoms. The van der Waals surface area contributed by atoms with Crippen LogP contribution in [-0.2, 0) is 4.74 Å². The molecule has 1 rings (SSSR count). The van der Waals surface area contributed by atoms with Crippen molar-refractivity contribution in [2.45, 2.75) is 51.6 Å². The van der Waals surface area contributed by atoms with E-state index in [1.54, 1.807) is 7.11 Å². The van der Waals surface area contributed by atoms with Crippen LogP contribution in [0, 0.1) is 5.92 Å². The van der Waals surface area contributed by atoms with Crippen LogP contribution < -0.4 is 5.73 Å². The second-order valence-corrected chi connectivity index (χ2v) is 5.63. The molecule has 0 radical (unpaired) electrons. The molecule has 16 heavy (non-hydrogen) atoms. The van der Waals surface area contributed by atoms with E-state index in [4.69, 9.17) is 10.5 Å². The van der Waals surface area contributed by atoms with Gasteiger partial charge in [-0.2, -0.15) is 0 Å². The molecule has 0 aromatic heterocycles. The Morgan fingerprint density at radius 2 is 2.06 bits per heavy atom. The number of hydrogen-bond acceptors (Lipinski definition) is 3. The van der Waals surface area contributed by atoms with Crippen molar-refractivity contribution in [3.05, 3.63) is 0 Å². The Hall–Kier alpha value is -0.120. The van der Waals surface area contributed by atoms with Crippen molar-refractivity contribution >= 4 is 0 Å². The first-order chi connectivity index (χ1) is 7.53. The maximum absolute atomic E-state index is 5.99. The minimum absolute atomic E-state index is 0.0900. The first-order valence-corrected chi connectivity index (χ1v) is 6.49. The van der Waals surface area contributed by atoms with Crippen LogP contribution in [0.25, 0.3) is 0 Å². The van der Waals surface area contributed by atoms with Crippen LogP contribution in [0.3, 0.4) is 0 Å². The fourth-order valence-corrected chi connectivity index (χ4v) is 2.32. The Morgan fingerprint density at radius 3 is 2.44 bits per heavy atom. The number of nitrogens with zero attached hydrogens (tertiary/aromatic N) is 1. The van der Waals surface area contributed by atoms with Crippen LogP contribution in [-0.4, -0.2) is 43.3 Å². The van der Waals surface area contributed by atoms with E-state index in [9.17, 15) is 0 Å². The Bertz CT molecular complexity index is 204. The summed E-state index contributed by atoms with van der Waals surface area (Å²) in [6, 6.07) is 0.561. The zero-order valence-corrected chi connectivity index (χ0v) is 11.3. The van der Waals surface area contributed by atoms with Crippen molar-refractivity contribution in [2.75, 3.05) is 26.8 Å². The monoisotopic (exact) mass is 228 g/mol. The highest BCUT2D eigenvalue weighted by atomic mass is 16.5. The molecule has 0 saturated heterocycles. The molecular formula is C13H28N2O. The number of nitrogens with two attached hydrogens (primary N) is 1. The SMILES string of the molecule is COCCC(C)(CN)N(CC1CC1)C(C)C. The second-order valence-electron chi connectivity index (χ2n) is 5.63. The minimum atomic E-state index is 0.0900. The Balaban J connectivity index is 2.61. The molecule has 1 aliphatic rings. The Labute approximate surface area is 100 Å². The lowest BCUT2D eigenvalue weighted by atomic mass is 9.93. The Kier molecular flexibility index (Phi) is 5.22. The lowest BCUT2D eigenvalue weighted by Crippen LogP contribution is -2.55. The molecule has 0 heterocycles. The molecule has 3 heteroatoms. The van der Waals surface area contributed by atoms with Crippen molar-refractivity contribution in [1.82, 2.24) is 4.90 Å².